The van der Waals surface area contributed by atoms with Crippen LogP contribution in [0.4, 0.5) is 0 Å². The zero-order valence-electron chi connectivity index (χ0n) is 44.1. The second kappa shape index (κ2) is 20.5. The fourth-order valence-corrected chi connectivity index (χ4v) is 16.1. The van der Waals surface area contributed by atoms with Gasteiger partial charge in [-0.05, 0) is 116 Å². The van der Waals surface area contributed by atoms with E-state index in [9.17, 15) is 61.3 Å². The maximum atomic E-state index is 15.5. The number of carbonyl (C=O) groups is 1. The molecule has 0 bridgehead atoms. The standard InChI is InChI=1S/C53H86O21/c1-23-32(56)36(60)41(65)45(69-23)73-42-38(62)35(59)28(22-68-43-40(64)37(61)34(58)27(20-54)70-43)71-46(42)74-47(66)53-17-15-48(2,3)19-25(53)24-9-10-30-50(6)13-12-31(72-44-39(63)33(57)26(55)21-67-44)49(4,5)29(50)11-14-52(30,8)51(24,7)16-18-53/h9,23,25-46,54-65H,10-22H2,1-8H3/t23-,25-,26-,27+,28+,29-,30+,31-,32-,33-,34+,35+,36+,37-,38-,39+,40+,41+,42+,43+,44-,45-,46-,50-,51+,52+,53-/m0/s1. The van der Waals surface area contributed by atoms with Gasteiger partial charge >= 0.3 is 5.97 Å². The number of aliphatic hydroxyl groups is 12. The van der Waals surface area contributed by atoms with E-state index in [-0.39, 0.29) is 57.5 Å². The Labute approximate surface area is 433 Å². The van der Waals surface area contributed by atoms with E-state index < -0.39 is 141 Å². The fourth-order valence-electron chi connectivity index (χ4n) is 16.1. The van der Waals surface area contributed by atoms with Crippen molar-refractivity contribution >= 4 is 5.97 Å². The molecule has 0 radical (unpaired) electrons. The van der Waals surface area contributed by atoms with Crippen LogP contribution < -0.4 is 0 Å². The molecular weight excluding hydrogens is 973 g/mol. The summed E-state index contributed by atoms with van der Waals surface area (Å²) in [5.41, 5.74) is -0.928. The number of allylic oxidation sites excluding steroid dienone is 2. The van der Waals surface area contributed by atoms with Gasteiger partial charge in [0, 0.05) is 0 Å². The molecule has 27 atom stereocenters. The number of hydrogen-bond acceptors (Lipinski definition) is 21. The molecule has 0 unspecified atom stereocenters. The van der Waals surface area contributed by atoms with Crippen LogP contribution in [0, 0.1) is 50.2 Å². The Bertz CT molecular complexity index is 2040. The molecule has 12 N–H and O–H groups in total. The van der Waals surface area contributed by atoms with E-state index in [1.165, 1.54) is 12.5 Å². The molecule has 5 aliphatic carbocycles. The molecule has 21 heteroatoms. The van der Waals surface area contributed by atoms with Crippen LogP contribution in [0.1, 0.15) is 120 Å². The van der Waals surface area contributed by atoms with Crippen LogP contribution in [-0.2, 0) is 42.7 Å². The Hall–Kier alpha value is -1.55. The zero-order chi connectivity index (χ0) is 54.0. The molecule has 9 rings (SSSR count). The maximum Gasteiger partial charge on any atom is 0.315 e. The summed E-state index contributed by atoms with van der Waals surface area (Å²) in [5, 5.41) is 128. The van der Waals surface area contributed by atoms with Gasteiger partial charge in [-0.25, -0.2) is 0 Å². The fraction of sp³-hybridized carbons (Fsp3) is 0.943. The van der Waals surface area contributed by atoms with Gasteiger partial charge in [0.1, 0.15) is 79.4 Å². The Morgan fingerprint density at radius 2 is 1.27 bits per heavy atom. The first-order valence-electron chi connectivity index (χ1n) is 27.1. The highest BCUT2D eigenvalue weighted by Gasteiger charge is 2.70. The first kappa shape index (κ1) is 57.1. The molecule has 0 amide bonds. The lowest BCUT2D eigenvalue weighted by molar-refractivity contribution is -0.366. The lowest BCUT2D eigenvalue weighted by Gasteiger charge is -2.71. The highest BCUT2D eigenvalue weighted by molar-refractivity contribution is 5.79. The van der Waals surface area contributed by atoms with E-state index in [0.29, 0.717) is 38.5 Å². The molecule has 0 aromatic carbocycles. The van der Waals surface area contributed by atoms with Crippen LogP contribution in [0.25, 0.3) is 0 Å². The Balaban J connectivity index is 0.988. The summed E-state index contributed by atoms with van der Waals surface area (Å²) in [6.07, 6.45) is -20.4. The minimum absolute atomic E-state index is 0.105. The minimum Gasteiger partial charge on any atom is -0.432 e. The SMILES string of the molecule is C[C@@H]1O[C@@H](O[C@H]2[C@H](OC(=O)[C@]34CCC(C)(C)C[C@H]3C3=CC[C@@H]5[C@@]6(C)CC[C@H](O[C@@H]7OC[C@H](O)[C@H](O)[C@H]7O)C(C)(C)[C@@H]6CC[C@@]5(C)[C@]3(C)CC4)O[C@H](CO[C@@H]3O[C@H](CO)[C@@H](O)[C@H](O)[C@H]3O)[C@@H](O)[C@@H]2O)[C@H](O)[C@H](O)[C@H]1O. The van der Waals surface area contributed by atoms with Crippen LogP contribution in [0.15, 0.2) is 11.6 Å². The van der Waals surface area contributed by atoms with E-state index >= 15 is 4.79 Å². The molecule has 74 heavy (non-hydrogen) atoms. The Kier molecular flexibility index (Phi) is 15.8. The van der Waals surface area contributed by atoms with E-state index in [1.54, 1.807) is 0 Å². The highest BCUT2D eigenvalue weighted by Crippen LogP contribution is 2.76. The lowest BCUT2D eigenvalue weighted by Crippen LogP contribution is -2.66. The quantitative estimate of drug-likeness (QED) is 0.0755. The van der Waals surface area contributed by atoms with Crippen molar-refractivity contribution in [2.45, 2.75) is 242 Å². The zero-order valence-corrected chi connectivity index (χ0v) is 44.1. The normalized spacial score (nSPS) is 54.1. The van der Waals surface area contributed by atoms with Crippen LogP contribution in [-0.4, -0.2) is 210 Å². The lowest BCUT2D eigenvalue weighted by atomic mass is 9.33. The predicted octanol–water partition coefficient (Wildman–Crippen LogP) is -0.369. The van der Waals surface area contributed by atoms with Crippen molar-refractivity contribution in [3.05, 3.63) is 11.6 Å². The van der Waals surface area contributed by atoms with Gasteiger partial charge in [0.25, 0.3) is 0 Å². The number of carbonyl (C=O) groups excluding carboxylic acids is 1. The van der Waals surface area contributed by atoms with E-state index in [0.717, 1.165) is 25.7 Å². The van der Waals surface area contributed by atoms with Crippen LogP contribution >= 0.6 is 0 Å². The summed E-state index contributed by atoms with van der Waals surface area (Å²) in [6.45, 7) is 16.1. The van der Waals surface area contributed by atoms with Gasteiger partial charge < -0.3 is 99.2 Å². The van der Waals surface area contributed by atoms with Crippen LogP contribution in [0.2, 0.25) is 0 Å². The van der Waals surface area contributed by atoms with Gasteiger partial charge in [-0.3, -0.25) is 4.79 Å². The molecule has 0 aromatic rings. The monoisotopic (exact) mass is 1060 g/mol. The third-order valence-electron chi connectivity index (χ3n) is 21.0. The van der Waals surface area contributed by atoms with Crippen molar-refractivity contribution in [3.8, 4) is 0 Å². The number of fused-ring (bicyclic) bond motifs is 7. The van der Waals surface area contributed by atoms with Crippen molar-refractivity contribution in [2.24, 2.45) is 50.2 Å². The smallest absolute Gasteiger partial charge is 0.315 e. The van der Waals surface area contributed by atoms with Gasteiger partial charge in [0.15, 0.2) is 25.0 Å². The molecule has 4 heterocycles. The van der Waals surface area contributed by atoms with Crippen LogP contribution in [0.3, 0.4) is 0 Å². The molecule has 0 aromatic heterocycles. The molecule has 4 saturated carbocycles. The third-order valence-corrected chi connectivity index (χ3v) is 21.0. The first-order chi connectivity index (χ1) is 34.6. The van der Waals surface area contributed by atoms with Gasteiger partial charge in [-0.15, -0.1) is 0 Å². The maximum absolute atomic E-state index is 15.5. The van der Waals surface area contributed by atoms with Crippen molar-refractivity contribution in [1.29, 1.82) is 0 Å². The number of hydrogen-bond donors (Lipinski definition) is 12. The van der Waals surface area contributed by atoms with E-state index in [1.807, 2.05) is 0 Å². The van der Waals surface area contributed by atoms with Gasteiger partial charge in [0.2, 0.25) is 6.29 Å². The molecule has 4 aliphatic heterocycles. The number of rotatable bonds is 10. The first-order valence-corrected chi connectivity index (χ1v) is 27.1. The van der Waals surface area contributed by atoms with Gasteiger partial charge in [-0.1, -0.05) is 60.1 Å². The van der Waals surface area contributed by atoms with Gasteiger partial charge in [-0.2, -0.15) is 0 Å². The van der Waals surface area contributed by atoms with Crippen LogP contribution in [0.5, 0.6) is 0 Å². The van der Waals surface area contributed by atoms with Gasteiger partial charge in [0.05, 0.1) is 37.4 Å². The number of esters is 1. The average Bonchev–Trinajstić information content (AvgIpc) is 3.35. The summed E-state index contributed by atoms with van der Waals surface area (Å²) in [6, 6.07) is 0. The molecule has 21 nitrogen and oxygen atoms in total. The minimum atomic E-state index is -1.91. The summed E-state index contributed by atoms with van der Waals surface area (Å²) < 4.78 is 48.0. The Morgan fingerprint density at radius 3 is 1.97 bits per heavy atom. The van der Waals surface area contributed by atoms with Crippen molar-refractivity contribution < 1.29 is 104 Å². The average molecular weight is 1060 g/mol. The second-order valence-corrected chi connectivity index (χ2v) is 25.8. The van der Waals surface area contributed by atoms with E-state index in [4.69, 9.17) is 37.9 Å². The summed E-state index contributed by atoms with van der Waals surface area (Å²) in [7, 11) is 0. The topological polar surface area (TPSA) is 334 Å². The van der Waals surface area contributed by atoms with Crippen molar-refractivity contribution in [2.75, 3.05) is 19.8 Å². The molecule has 0 spiro atoms. The predicted molar refractivity (Wildman–Crippen MR) is 255 cm³/mol. The van der Waals surface area contributed by atoms with E-state index in [2.05, 4.69) is 54.5 Å². The summed E-state index contributed by atoms with van der Waals surface area (Å²) in [4.78, 5) is 15.5. The third kappa shape index (κ3) is 9.27. The summed E-state index contributed by atoms with van der Waals surface area (Å²) in [5.74, 6) is -0.351. The number of aliphatic hydroxyl groups excluding tert-OH is 12. The number of ether oxygens (including phenoxy) is 8. The van der Waals surface area contributed by atoms with Crippen molar-refractivity contribution in [1.82, 2.24) is 0 Å². The molecule has 424 valence electrons. The second-order valence-electron chi connectivity index (χ2n) is 25.8. The molecule has 9 aliphatic rings. The largest absolute Gasteiger partial charge is 0.432 e. The summed E-state index contributed by atoms with van der Waals surface area (Å²) >= 11 is 0. The molecule has 8 fully saturated rings. The molecule has 4 saturated heterocycles. The van der Waals surface area contributed by atoms with Crippen molar-refractivity contribution in [3.63, 3.8) is 0 Å². The highest BCUT2D eigenvalue weighted by atomic mass is 16.8. The Morgan fingerprint density at radius 1 is 0.635 bits per heavy atom. The molecular formula is C53H86O21.